The maximum atomic E-state index is 12.5. The highest BCUT2D eigenvalue weighted by atomic mass is 16.5. The third kappa shape index (κ3) is 3.37. The zero-order valence-corrected chi connectivity index (χ0v) is 18.0. The van der Waals surface area contributed by atoms with Gasteiger partial charge in [-0.05, 0) is 23.6 Å². The van der Waals surface area contributed by atoms with E-state index in [0.29, 0.717) is 42.5 Å². The van der Waals surface area contributed by atoms with Crippen LogP contribution in [0.3, 0.4) is 0 Å². The lowest BCUT2D eigenvalue weighted by molar-refractivity contribution is 0.0691. The largest absolute Gasteiger partial charge is 0.506 e. The molecule has 0 bridgehead atoms. The van der Waals surface area contributed by atoms with Crippen molar-refractivity contribution < 1.29 is 24.5 Å². The number of carbonyl (C=O) groups is 1. The summed E-state index contributed by atoms with van der Waals surface area (Å²) in [6.07, 6.45) is 0. The minimum Gasteiger partial charge on any atom is -0.506 e. The number of carboxylic acids is 1. The second kappa shape index (κ2) is 7.46. The van der Waals surface area contributed by atoms with E-state index >= 15 is 0 Å². The number of pyridine rings is 1. The van der Waals surface area contributed by atoms with E-state index in [1.807, 2.05) is 45.0 Å². The molecule has 8 heteroatoms. The highest BCUT2D eigenvalue weighted by Crippen LogP contribution is 2.50. The minimum absolute atomic E-state index is 0.224. The second-order valence-corrected chi connectivity index (χ2v) is 8.86. The molecule has 0 radical (unpaired) electrons. The van der Waals surface area contributed by atoms with Gasteiger partial charge in [-0.2, -0.15) is 0 Å². The van der Waals surface area contributed by atoms with Crippen LogP contribution in [0, 0.1) is 5.41 Å². The standard InChI is InChI=1S/C23H26N2O6/c1-23(2,3)13-11-25-14-6-5-7-16(31-9-8-30-4)12(14)10-15(25)19-17(13)20(26)18(22(28)29)21(27)24-19/h5-7,10,13H,8-9,11H2,1-4H3,(H,28,29)(H2,24,26,27). The molecule has 3 aromatic rings. The van der Waals surface area contributed by atoms with Crippen molar-refractivity contribution >= 4 is 16.9 Å². The number of nitrogens with one attached hydrogen (secondary N) is 1. The van der Waals surface area contributed by atoms with E-state index in [2.05, 4.69) is 9.55 Å². The first-order valence-corrected chi connectivity index (χ1v) is 10.1. The number of aromatic hydroxyl groups is 1. The molecule has 0 fully saturated rings. The Morgan fingerprint density at radius 3 is 2.68 bits per heavy atom. The molecule has 3 N–H and O–H groups in total. The average molecular weight is 426 g/mol. The van der Waals surface area contributed by atoms with Crippen molar-refractivity contribution in [1.82, 2.24) is 9.55 Å². The van der Waals surface area contributed by atoms with Gasteiger partial charge in [0.05, 0.1) is 23.5 Å². The lowest BCUT2D eigenvalue weighted by atomic mass is 9.73. The Hall–Kier alpha value is -3.26. The fourth-order valence-corrected chi connectivity index (χ4v) is 4.35. The highest BCUT2D eigenvalue weighted by Gasteiger charge is 2.39. The van der Waals surface area contributed by atoms with E-state index in [9.17, 15) is 19.8 Å². The van der Waals surface area contributed by atoms with Crippen molar-refractivity contribution in [2.45, 2.75) is 33.2 Å². The number of hydrogen-bond donors (Lipinski definition) is 3. The summed E-state index contributed by atoms with van der Waals surface area (Å²) in [5, 5.41) is 21.2. The van der Waals surface area contributed by atoms with Crippen molar-refractivity contribution in [3.8, 4) is 22.9 Å². The van der Waals surface area contributed by atoms with Gasteiger partial charge in [0.1, 0.15) is 18.1 Å². The monoisotopic (exact) mass is 426 g/mol. The molecule has 1 unspecified atom stereocenters. The number of benzene rings is 1. The summed E-state index contributed by atoms with van der Waals surface area (Å²) < 4.78 is 13.0. The van der Waals surface area contributed by atoms with Gasteiger partial charge in [-0.1, -0.05) is 26.8 Å². The van der Waals surface area contributed by atoms with Crippen LogP contribution >= 0.6 is 0 Å². The van der Waals surface area contributed by atoms with E-state index in [4.69, 9.17) is 9.47 Å². The second-order valence-electron chi connectivity index (χ2n) is 8.86. The zero-order valence-electron chi connectivity index (χ0n) is 18.0. The molecule has 0 amide bonds. The van der Waals surface area contributed by atoms with Gasteiger partial charge in [-0.25, -0.2) is 4.79 Å². The lowest BCUT2D eigenvalue weighted by Gasteiger charge is -2.37. The number of fused-ring (bicyclic) bond motifs is 5. The summed E-state index contributed by atoms with van der Waals surface area (Å²) in [5.41, 5.74) is 0.790. The number of aromatic carboxylic acids is 1. The van der Waals surface area contributed by atoms with Crippen molar-refractivity contribution in [3.05, 3.63) is 45.7 Å². The summed E-state index contributed by atoms with van der Waals surface area (Å²) in [6.45, 7) is 7.47. The van der Waals surface area contributed by atoms with Crippen LogP contribution < -0.4 is 10.3 Å². The van der Waals surface area contributed by atoms with Crippen LogP contribution in [-0.2, 0) is 11.3 Å². The van der Waals surface area contributed by atoms with Crippen LogP contribution in [0.25, 0.3) is 22.3 Å². The molecule has 3 heterocycles. The summed E-state index contributed by atoms with van der Waals surface area (Å²) in [5.74, 6) is -1.44. The van der Waals surface area contributed by atoms with Gasteiger partial charge in [0.15, 0.2) is 5.56 Å². The first-order valence-electron chi connectivity index (χ1n) is 10.1. The Balaban J connectivity index is 2.00. The quantitative estimate of drug-likeness (QED) is 0.538. The molecular formula is C23H26N2O6. The normalized spacial score (nSPS) is 15.5. The third-order valence-electron chi connectivity index (χ3n) is 5.91. The predicted molar refractivity (Wildman–Crippen MR) is 116 cm³/mol. The maximum Gasteiger partial charge on any atom is 0.345 e. The summed E-state index contributed by atoms with van der Waals surface area (Å²) in [6, 6.07) is 7.67. The molecular weight excluding hydrogens is 400 g/mol. The molecule has 1 aliphatic rings. The van der Waals surface area contributed by atoms with Gasteiger partial charge < -0.3 is 29.2 Å². The Morgan fingerprint density at radius 2 is 2.03 bits per heavy atom. The van der Waals surface area contributed by atoms with Gasteiger partial charge in [-0.3, -0.25) is 4.79 Å². The number of hydrogen-bond acceptors (Lipinski definition) is 5. The van der Waals surface area contributed by atoms with Crippen LogP contribution in [0.1, 0.15) is 42.6 Å². The number of ether oxygens (including phenoxy) is 2. The molecule has 1 aliphatic heterocycles. The van der Waals surface area contributed by atoms with Crippen LogP contribution in [0.15, 0.2) is 29.1 Å². The van der Waals surface area contributed by atoms with Crippen LogP contribution in [0.5, 0.6) is 11.5 Å². The number of aromatic amines is 1. The molecule has 4 rings (SSSR count). The van der Waals surface area contributed by atoms with Gasteiger partial charge in [0.25, 0.3) is 5.56 Å². The van der Waals surface area contributed by atoms with Crippen molar-refractivity contribution in [2.75, 3.05) is 20.3 Å². The van der Waals surface area contributed by atoms with Gasteiger partial charge >= 0.3 is 5.97 Å². The zero-order chi connectivity index (χ0) is 22.5. The van der Waals surface area contributed by atoms with Gasteiger partial charge in [0, 0.05) is 30.5 Å². The summed E-state index contributed by atoms with van der Waals surface area (Å²) >= 11 is 0. The van der Waals surface area contributed by atoms with Crippen molar-refractivity contribution in [3.63, 3.8) is 0 Å². The lowest BCUT2D eigenvalue weighted by Crippen LogP contribution is -2.31. The van der Waals surface area contributed by atoms with Crippen LogP contribution in [-0.4, -0.2) is 46.1 Å². The van der Waals surface area contributed by atoms with Crippen LogP contribution in [0.2, 0.25) is 0 Å². The van der Waals surface area contributed by atoms with E-state index in [-0.39, 0.29) is 11.3 Å². The first kappa shape index (κ1) is 21.0. The van der Waals surface area contributed by atoms with E-state index in [0.717, 1.165) is 10.9 Å². The van der Waals surface area contributed by atoms with E-state index < -0.39 is 22.8 Å². The molecule has 0 saturated carbocycles. The summed E-state index contributed by atoms with van der Waals surface area (Å²) in [4.78, 5) is 26.9. The number of methoxy groups -OCH3 is 1. The number of rotatable bonds is 5. The average Bonchev–Trinajstić information content (AvgIpc) is 3.06. The third-order valence-corrected chi connectivity index (χ3v) is 5.91. The highest BCUT2D eigenvalue weighted by molar-refractivity contribution is 5.95. The Morgan fingerprint density at radius 1 is 1.29 bits per heavy atom. The molecule has 0 saturated heterocycles. The Labute approximate surface area is 179 Å². The molecule has 31 heavy (non-hydrogen) atoms. The number of H-pyrrole nitrogens is 1. The van der Waals surface area contributed by atoms with Gasteiger partial charge in [-0.15, -0.1) is 0 Å². The molecule has 1 atom stereocenters. The molecule has 1 aromatic carbocycles. The number of aromatic nitrogens is 2. The Kier molecular flexibility index (Phi) is 5.05. The fraction of sp³-hybridized carbons (Fsp3) is 0.391. The van der Waals surface area contributed by atoms with Crippen molar-refractivity contribution in [1.29, 1.82) is 0 Å². The molecule has 0 aliphatic carbocycles. The number of carboxylic acid groups (broad SMARTS) is 1. The number of nitrogens with zero attached hydrogens (tertiary/aromatic N) is 1. The summed E-state index contributed by atoms with van der Waals surface area (Å²) in [7, 11) is 1.61. The fourth-order valence-electron chi connectivity index (χ4n) is 4.35. The smallest absolute Gasteiger partial charge is 0.345 e. The first-order chi connectivity index (χ1) is 14.6. The van der Waals surface area contributed by atoms with Crippen LogP contribution in [0.4, 0.5) is 0 Å². The van der Waals surface area contributed by atoms with Crippen molar-refractivity contribution in [2.24, 2.45) is 5.41 Å². The molecule has 8 nitrogen and oxygen atoms in total. The minimum atomic E-state index is -1.45. The topological polar surface area (TPSA) is 114 Å². The molecule has 2 aromatic heterocycles. The van der Waals surface area contributed by atoms with E-state index in [1.165, 1.54) is 0 Å². The maximum absolute atomic E-state index is 12.5. The molecule has 164 valence electrons. The predicted octanol–water partition coefficient (Wildman–Crippen LogP) is 3.57. The Bertz CT molecular complexity index is 1230. The van der Waals surface area contributed by atoms with Gasteiger partial charge in [0.2, 0.25) is 0 Å². The molecule has 0 spiro atoms. The van der Waals surface area contributed by atoms with E-state index in [1.54, 1.807) is 7.11 Å². The SMILES string of the molecule is COCCOc1cccc2c1cc1n2CC(C(C)(C)C)c2c-1[nH]c(=O)c(C(=O)O)c2O.